The van der Waals surface area contributed by atoms with Gasteiger partial charge in [0, 0.05) is 71.9 Å². The molecular weight excluding hydrogens is 560 g/mol. The Morgan fingerprint density at radius 2 is 1.86 bits per heavy atom. The Morgan fingerprint density at radius 1 is 1.14 bits per heavy atom. The number of hydrogen-bond donors (Lipinski definition) is 1. The predicted octanol–water partition coefficient (Wildman–Crippen LogP) is 5.64. The molecule has 1 N–H and O–H groups in total. The highest BCUT2D eigenvalue weighted by Crippen LogP contribution is 2.56. The summed E-state index contributed by atoms with van der Waals surface area (Å²) < 4.78 is 2.24. The van der Waals surface area contributed by atoms with E-state index in [1.54, 1.807) is 0 Å². The number of benzene rings is 1. The molecule has 9 nitrogen and oxygen atoms in total. The van der Waals surface area contributed by atoms with Crippen LogP contribution in [0.3, 0.4) is 0 Å². The number of carbonyl (C=O) groups is 1. The van der Waals surface area contributed by atoms with Crippen LogP contribution in [0.5, 0.6) is 0 Å². The van der Waals surface area contributed by atoms with Crippen molar-refractivity contribution in [1.82, 2.24) is 29.8 Å². The third kappa shape index (κ3) is 4.32. The van der Waals surface area contributed by atoms with E-state index in [9.17, 15) is 10.1 Å². The number of likely N-dealkylation sites (tertiary alicyclic amines) is 2. The third-order valence-electron chi connectivity index (χ3n) is 10.8. The molecule has 0 bridgehead atoms. The van der Waals surface area contributed by atoms with Gasteiger partial charge < -0.3 is 9.80 Å². The van der Waals surface area contributed by atoms with E-state index in [2.05, 4.69) is 71.1 Å². The number of nitrogens with zero attached hydrogens (tertiary/aromatic N) is 7. The number of aromatic nitrogens is 4. The van der Waals surface area contributed by atoms with E-state index in [4.69, 9.17) is 16.7 Å². The molecule has 1 saturated carbocycles. The molecule has 1 aromatic carbocycles. The molecule has 1 amide bonds. The normalized spacial score (nSPS) is 24.3. The first-order valence-electron chi connectivity index (χ1n) is 15.4. The van der Waals surface area contributed by atoms with Crippen molar-refractivity contribution < 1.29 is 4.79 Å². The summed E-state index contributed by atoms with van der Waals surface area (Å²) in [4.78, 5) is 19.0. The Labute approximate surface area is 258 Å². The summed E-state index contributed by atoms with van der Waals surface area (Å²) in [5.74, 6) is 1.01. The van der Waals surface area contributed by atoms with Gasteiger partial charge in [-0.15, -0.1) is 0 Å². The summed E-state index contributed by atoms with van der Waals surface area (Å²) in [6.45, 7) is 18.8. The number of rotatable bonds is 5. The second-order valence-electron chi connectivity index (χ2n) is 14.6. The molecule has 43 heavy (non-hydrogen) atoms. The Balaban J connectivity index is 1.25. The highest BCUT2D eigenvalue weighted by Gasteiger charge is 2.55. The standard InChI is InChI=1S/C33H41ClN8O/c1-7-26(43)40-18-33(19-40)12-23(13-33)42-21(3)27(28-24-14-36-37-25(24)10-20(2)29(28)34)30(38-42)41-9-8-22(11-31(41,4)5)39-16-32(6,15-35)17-39/h7,10,14,22-23H,1,8-9,11-13,16-19H2,2-6H3,(H,36,37). The first-order valence-corrected chi connectivity index (χ1v) is 15.8. The SMILES string of the molecule is C=CC(=O)N1CC2(CC(n3nc(N4CCC(N5CC(C)(C#N)C5)CC4(C)C)c(-c4c(Cl)c(C)cc5[nH]ncc45)c3C)C2)C1. The number of fused-ring (bicyclic) bond motifs is 1. The first kappa shape index (κ1) is 28.4. The van der Waals surface area contributed by atoms with Gasteiger partial charge in [-0.3, -0.25) is 19.5 Å². The maximum atomic E-state index is 12.1. The van der Waals surface area contributed by atoms with Gasteiger partial charge in [0.2, 0.25) is 5.91 Å². The maximum absolute atomic E-state index is 12.1. The lowest BCUT2D eigenvalue weighted by molar-refractivity contribution is -0.149. The molecule has 10 heteroatoms. The van der Waals surface area contributed by atoms with Crippen LogP contribution in [0.25, 0.3) is 22.0 Å². The fourth-order valence-electron chi connectivity index (χ4n) is 8.46. The van der Waals surface area contributed by atoms with Crippen molar-refractivity contribution in [2.45, 2.75) is 77.9 Å². The van der Waals surface area contributed by atoms with E-state index in [0.29, 0.717) is 6.04 Å². The average Bonchev–Trinajstić information content (AvgIpc) is 3.49. The summed E-state index contributed by atoms with van der Waals surface area (Å²) in [5, 5.41) is 24.3. The van der Waals surface area contributed by atoms with E-state index < -0.39 is 0 Å². The molecule has 0 radical (unpaired) electrons. The molecule has 1 unspecified atom stereocenters. The predicted molar refractivity (Wildman–Crippen MR) is 169 cm³/mol. The summed E-state index contributed by atoms with van der Waals surface area (Å²) in [7, 11) is 0. The lowest BCUT2D eigenvalue weighted by Gasteiger charge is -2.58. The van der Waals surface area contributed by atoms with Crippen molar-refractivity contribution in [3.8, 4) is 17.2 Å². The molecule has 7 rings (SSSR count). The van der Waals surface area contributed by atoms with Crippen LogP contribution in [0.15, 0.2) is 24.9 Å². The van der Waals surface area contributed by atoms with Gasteiger partial charge in [-0.25, -0.2) is 0 Å². The number of aryl methyl sites for hydroxylation is 1. The number of halogens is 1. The molecule has 4 fully saturated rings. The van der Waals surface area contributed by atoms with Crippen molar-refractivity contribution in [2.24, 2.45) is 10.8 Å². The van der Waals surface area contributed by atoms with E-state index in [1.165, 1.54) is 6.08 Å². The molecule has 5 heterocycles. The molecule has 2 aromatic heterocycles. The Bertz CT molecular complexity index is 1670. The molecular formula is C33H41ClN8O. The van der Waals surface area contributed by atoms with Gasteiger partial charge in [-0.2, -0.15) is 15.5 Å². The molecule has 1 spiro atoms. The number of nitriles is 1. The smallest absolute Gasteiger partial charge is 0.245 e. The van der Waals surface area contributed by atoms with Gasteiger partial charge in [0.25, 0.3) is 0 Å². The molecule has 4 aliphatic rings. The zero-order chi connectivity index (χ0) is 30.5. The number of H-pyrrole nitrogens is 1. The third-order valence-corrected chi connectivity index (χ3v) is 11.3. The highest BCUT2D eigenvalue weighted by atomic mass is 35.5. The quantitative estimate of drug-likeness (QED) is 0.381. The second-order valence-corrected chi connectivity index (χ2v) is 15.0. The van der Waals surface area contributed by atoms with Crippen LogP contribution in [-0.2, 0) is 4.79 Å². The summed E-state index contributed by atoms with van der Waals surface area (Å²) >= 11 is 7.15. The van der Waals surface area contributed by atoms with Gasteiger partial charge in [-0.1, -0.05) is 18.2 Å². The minimum absolute atomic E-state index is 0.0215. The molecule has 1 aliphatic carbocycles. The molecule has 1 atom stereocenters. The Hall–Kier alpha value is -3.35. The van der Waals surface area contributed by atoms with Crippen LogP contribution in [0.4, 0.5) is 5.82 Å². The van der Waals surface area contributed by atoms with Crippen molar-refractivity contribution >= 4 is 34.2 Å². The van der Waals surface area contributed by atoms with Crippen molar-refractivity contribution in [1.29, 1.82) is 5.26 Å². The molecule has 226 valence electrons. The topological polar surface area (TPSA) is 97.1 Å². The molecule has 3 saturated heterocycles. The summed E-state index contributed by atoms with van der Waals surface area (Å²) in [6, 6.07) is 5.29. The maximum Gasteiger partial charge on any atom is 0.245 e. The number of hydrogen-bond acceptors (Lipinski definition) is 6. The fourth-order valence-corrected chi connectivity index (χ4v) is 8.71. The van der Waals surface area contributed by atoms with Gasteiger partial charge >= 0.3 is 0 Å². The minimum atomic E-state index is -0.223. The van der Waals surface area contributed by atoms with E-state index in [-0.39, 0.29) is 28.3 Å². The Morgan fingerprint density at radius 3 is 2.51 bits per heavy atom. The van der Waals surface area contributed by atoms with E-state index in [1.807, 2.05) is 18.0 Å². The number of carbonyl (C=O) groups excluding carboxylic acids is 1. The number of aromatic amines is 1. The van der Waals surface area contributed by atoms with Crippen LogP contribution in [0.1, 0.15) is 63.8 Å². The zero-order valence-corrected chi connectivity index (χ0v) is 26.6. The molecule has 3 aliphatic heterocycles. The number of amides is 1. The van der Waals surface area contributed by atoms with Gasteiger partial charge in [0.1, 0.15) is 0 Å². The van der Waals surface area contributed by atoms with Gasteiger partial charge in [-0.05, 0) is 78.0 Å². The first-order chi connectivity index (χ1) is 20.4. The van der Waals surface area contributed by atoms with Crippen LogP contribution < -0.4 is 4.90 Å². The largest absolute Gasteiger partial charge is 0.349 e. The lowest BCUT2D eigenvalue weighted by atomic mass is 9.60. The molecule has 3 aromatic rings. The lowest BCUT2D eigenvalue weighted by Crippen LogP contribution is -2.63. The summed E-state index contributed by atoms with van der Waals surface area (Å²) in [6.07, 6.45) is 7.34. The van der Waals surface area contributed by atoms with Crippen LogP contribution in [0, 0.1) is 36.0 Å². The second kappa shape index (κ2) is 9.57. The van der Waals surface area contributed by atoms with Crippen LogP contribution >= 0.6 is 11.6 Å². The average molecular weight is 601 g/mol. The van der Waals surface area contributed by atoms with Gasteiger partial charge in [0.15, 0.2) is 5.82 Å². The number of piperidine rings is 1. The summed E-state index contributed by atoms with van der Waals surface area (Å²) in [5.41, 5.74) is 5.00. The van der Waals surface area contributed by atoms with E-state index in [0.717, 1.165) is 103 Å². The van der Waals surface area contributed by atoms with Crippen molar-refractivity contribution in [3.05, 3.63) is 41.2 Å². The fraction of sp³-hybridized carbons (Fsp3) is 0.576. The van der Waals surface area contributed by atoms with Crippen molar-refractivity contribution in [2.75, 3.05) is 37.6 Å². The monoisotopic (exact) mass is 600 g/mol. The zero-order valence-electron chi connectivity index (χ0n) is 25.9. The van der Waals surface area contributed by atoms with Crippen LogP contribution in [0.2, 0.25) is 5.02 Å². The van der Waals surface area contributed by atoms with Crippen molar-refractivity contribution in [3.63, 3.8) is 0 Å². The van der Waals surface area contributed by atoms with Crippen LogP contribution in [-0.4, -0.2) is 80.0 Å². The minimum Gasteiger partial charge on any atom is -0.349 e. The van der Waals surface area contributed by atoms with E-state index >= 15 is 0 Å². The highest BCUT2D eigenvalue weighted by molar-refractivity contribution is 6.36. The number of nitrogens with one attached hydrogen (secondary N) is 1. The van der Waals surface area contributed by atoms with Gasteiger partial charge in [0.05, 0.1) is 34.3 Å². The number of anilines is 1. The Kier molecular flexibility index (Phi) is 6.33.